The maximum atomic E-state index is 12.6. The third-order valence-corrected chi connectivity index (χ3v) is 5.04. The lowest BCUT2D eigenvalue weighted by atomic mass is 10.0. The number of piperazine rings is 1. The van der Waals surface area contributed by atoms with Crippen LogP contribution in [-0.2, 0) is 6.54 Å². The van der Waals surface area contributed by atoms with Gasteiger partial charge in [0.05, 0.1) is 0 Å². The molecule has 4 nitrogen and oxygen atoms in total. The number of aryl methyl sites for hydroxylation is 1. The highest BCUT2D eigenvalue weighted by Gasteiger charge is 2.23. The Balaban J connectivity index is 1.41. The molecule has 1 saturated heterocycles. The number of hydrogen-bond acceptors (Lipinski definition) is 3. The first-order chi connectivity index (χ1) is 12.7. The van der Waals surface area contributed by atoms with Gasteiger partial charge in [-0.2, -0.15) is 0 Å². The van der Waals surface area contributed by atoms with E-state index < -0.39 is 0 Å². The topological polar surface area (TPSA) is 36.4 Å². The number of carbonyl (C=O) groups excluding carboxylic acids is 1. The molecule has 3 aromatic rings. The summed E-state index contributed by atoms with van der Waals surface area (Å²) < 4.78 is 0. The van der Waals surface area contributed by atoms with Crippen LogP contribution in [-0.4, -0.2) is 46.9 Å². The molecule has 0 atom stereocenters. The number of nitrogens with zero attached hydrogens (tertiary/aromatic N) is 3. The fourth-order valence-corrected chi connectivity index (χ4v) is 3.60. The molecule has 132 valence electrons. The minimum atomic E-state index is 0.0403. The first kappa shape index (κ1) is 16.7. The van der Waals surface area contributed by atoms with Crippen molar-refractivity contribution in [2.75, 3.05) is 26.2 Å². The highest BCUT2D eigenvalue weighted by Crippen LogP contribution is 2.20. The van der Waals surface area contributed by atoms with Gasteiger partial charge in [-0.05, 0) is 35.4 Å². The Morgan fingerprint density at radius 1 is 0.923 bits per heavy atom. The second kappa shape index (κ2) is 7.26. The second-order valence-electron chi connectivity index (χ2n) is 6.87. The third kappa shape index (κ3) is 3.46. The van der Waals surface area contributed by atoms with E-state index in [2.05, 4.69) is 52.3 Å². The van der Waals surface area contributed by atoms with E-state index in [9.17, 15) is 4.79 Å². The van der Waals surface area contributed by atoms with Crippen molar-refractivity contribution >= 4 is 16.7 Å². The van der Waals surface area contributed by atoms with Gasteiger partial charge >= 0.3 is 0 Å². The normalized spacial score (nSPS) is 15.3. The van der Waals surface area contributed by atoms with Gasteiger partial charge in [0.1, 0.15) is 5.69 Å². The highest BCUT2D eigenvalue weighted by atomic mass is 16.2. The van der Waals surface area contributed by atoms with Crippen molar-refractivity contribution in [2.24, 2.45) is 0 Å². The Kier molecular flexibility index (Phi) is 4.67. The molecule has 4 rings (SSSR count). The van der Waals surface area contributed by atoms with Gasteiger partial charge in [0, 0.05) is 38.4 Å². The van der Waals surface area contributed by atoms with Crippen molar-refractivity contribution in [1.82, 2.24) is 14.8 Å². The van der Waals surface area contributed by atoms with Gasteiger partial charge in [-0.3, -0.25) is 9.69 Å². The average Bonchev–Trinajstić information content (AvgIpc) is 2.68. The summed E-state index contributed by atoms with van der Waals surface area (Å²) in [6.07, 6.45) is 0. The molecule has 0 N–H and O–H groups in total. The van der Waals surface area contributed by atoms with Crippen LogP contribution in [0.15, 0.2) is 60.7 Å². The first-order valence-corrected chi connectivity index (χ1v) is 9.13. The molecular weight excluding hydrogens is 322 g/mol. The van der Waals surface area contributed by atoms with E-state index in [4.69, 9.17) is 0 Å². The number of carbonyl (C=O) groups is 1. The smallest absolute Gasteiger partial charge is 0.272 e. The summed E-state index contributed by atoms with van der Waals surface area (Å²) in [5.41, 5.74) is 2.78. The van der Waals surface area contributed by atoms with Crippen molar-refractivity contribution < 1.29 is 4.79 Å². The lowest BCUT2D eigenvalue weighted by Crippen LogP contribution is -2.48. The van der Waals surface area contributed by atoms with Crippen LogP contribution in [0, 0.1) is 6.92 Å². The summed E-state index contributed by atoms with van der Waals surface area (Å²) in [6, 6.07) is 20.6. The van der Waals surface area contributed by atoms with E-state index >= 15 is 0 Å². The molecule has 0 spiro atoms. The molecule has 1 aliphatic rings. The van der Waals surface area contributed by atoms with Gasteiger partial charge in [-0.15, -0.1) is 0 Å². The summed E-state index contributed by atoms with van der Waals surface area (Å²) in [5.74, 6) is 0.0403. The predicted octanol–water partition coefficient (Wildman–Crippen LogP) is 3.50. The van der Waals surface area contributed by atoms with Crippen LogP contribution in [0.3, 0.4) is 0 Å². The van der Waals surface area contributed by atoms with E-state index in [1.54, 1.807) is 6.07 Å². The Labute approximate surface area is 154 Å². The lowest BCUT2D eigenvalue weighted by Gasteiger charge is -2.34. The number of amides is 1. The zero-order valence-electron chi connectivity index (χ0n) is 15.1. The monoisotopic (exact) mass is 345 g/mol. The zero-order chi connectivity index (χ0) is 17.9. The van der Waals surface area contributed by atoms with Gasteiger partial charge in [-0.25, -0.2) is 4.98 Å². The SMILES string of the molecule is Cc1cccc(C(=O)N2CCN(Cc3cccc4ccccc34)CC2)n1. The molecule has 1 aromatic heterocycles. The Bertz CT molecular complexity index is 924. The second-order valence-corrected chi connectivity index (χ2v) is 6.87. The Hall–Kier alpha value is -2.72. The molecule has 0 saturated carbocycles. The van der Waals surface area contributed by atoms with Gasteiger partial charge in [0.2, 0.25) is 0 Å². The fourth-order valence-electron chi connectivity index (χ4n) is 3.60. The summed E-state index contributed by atoms with van der Waals surface area (Å²) in [4.78, 5) is 21.3. The van der Waals surface area contributed by atoms with Crippen molar-refractivity contribution in [2.45, 2.75) is 13.5 Å². The number of aromatic nitrogens is 1. The third-order valence-electron chi connectivity index (χ3n) is 5.04. The highest BCUT2D eigenvalue weighted by molar-refractivity contribution is 5.92. The number of hydrogen-bond donors (Lipinski definition) is 0. The standard InChI is InChI=1S/C22H23N3O/c1-17-6-4-11-21(23-17)22(26)25-14-12-24(13-15-25)16-19-9-5-8-18-7-2-3-10-20(18)19/h2-11H,12-16H2,1H3. The largest absolute Gasteiger partial charge is 0.335 e. The molecule has 0 radical (unpaired) electrons. The van der Waals surface area contributed by atoms with E-state index in [1.807, 2.05) is 24.0 Å². The zero-order valence-corrected chi connectivity index (χ0v) is 15.1. The van der Waals surface area contributed by atoms with Crippen molar-refractivity contribution in [3.63, 3.8) is 0 Å². The molecule has 0 bridgehead atoms. The van der Waals surface area contributed by atoms with Gasteiger partial charge < -0.3 is 4.90 Å². The molecule has 0 unspecified atom stereocenters. The molecule has 1 amide bonds. The van der Waals surface area contributed by atoms with Crippen LogP contribution in [0.1, 0.15) is 21.7 Å². The lowest BCUT2D eigenvalue weighted by molar-refractivity contribution is 0.0623. The Morgan fingerprint density at radius 3 is 2.46 bits per heavy atom. The summed E-state index contributed by atoms with van der Waals surface area (Å²) in [5, 5.41) is 2.60. The van der Waals surface area contributed by atoms with Crippen LogP contribution < -0.4 is 0 Å². The van der Waals surface area contributed by atoms with Crippen LogP contribution in [0.5, 0.6) is 0 Å². The van der Waals surface area contributed by atoms with Crippen LogP contribution in [0.25, 0.3) is 10.8 Å². The maximum absolute atomic E-state index is 12.6. The van der Waals surface area contributed by atoms with Crippen molar-refractivity contribution in [1.29, 1.82) is 0 Å². The minimum Gasteiger partial charge on any atom is -0.335 e. The molecule has 26 heavy (non-hydrogen) atoms. The molecule has 2 heterocycles. The average molecular weight is 345 g/mol. The van der Waals surface area contributed by atoms with Gasteiger partial charge in [0.25, 0.3) is 5.91 Å². The van der Waals surface area contributed by atoms with E-state index in [-0.39, 0.29) is 5.91 Å². The number of fused-ring (bicyclic) bond motifs is 1. The van der Waals surface area contributed by atoms with E-state index in [0.29, 0.717) is 5.69 Å². The predicted molar refractivity (Wildman–Crippen MR) is 104 cm³/mol. The maximum Gasteiger partial charge on any atom is 0.272 e. The van der Waals surface area contributed by atoms with Crippen LogP contribution in [0.2, 0.25) is 0 Å². The molecule has 2 aromatic carbocycles. The fraction of sp³-hybridized carbons (Fsp3) is 0.273. The van der Waals surface area contributed by atoms with Crippen molar-refractivity contribution in [3.05, 3.63) is 77.6 Å². The van der Waals surface area contributed by atoms with Gasteiger partial charge in [0.15, 0.2) is 0 Å². The summed E-state index contributed by atoms with van der Waals surface area (Å²) in [7, 11) is 0. The minimum absolute atomic E-state index is 0.0403. The number of pyridine rings is 1. The van der Waals surface area contributed by atoms with Gasteiger partial charge in [-0.1, -0.05) is 48.5 Å². The molecule has 4 heteroatoms. The van der Waals surface area contributed by atoms with E-state index in [1.165, 1.54) is 16.3 Å². The summed E-state index contributed by atoms with van der Waals surface area (Å²) in [6.45, 7) is 6.12. The summed E-state index contributed by atoms with van der Waals surface area (Å²) >= 11 is 0. The first-order valence-electron chi connectivity index (χ1n) is 9.13. The molecule has 1 fully saturated rings. The van der Waals surface area contributed by atoms with Crippen LogP contribution >= 0.6 is 0 Å². The molecule has 0 aliphatic carbocycles. The molecule has 1 aliphatic heterocycles. The quantitative estimate of drug-likeness (QED) is 0.729. The number of rotatable bonds is 3. The van der Waals surface area contributed by atoms with Crippen molar-refractivity contribution in [3.8, 4) is 0 Å². The molecular formula is C22H23N3O. The Morgan fingerprint density at radius 2 is 1.65 bits per heavy atom. The van der Waals surface area contributed by atoms with Crippen LogP contribution in [0.4, 0.5) is 0 Å². The number of benzene rings is 2. The van der Waals surface area contributed by atoms with E-state index in [0.717, 1.165) is 38.4 Å².